The Balaban J connectivity index is 2.30. The minimum Gasteiger partial charge on any atom is -0.366 e. The van der Waals surface area contributed by atoms with Gasteiger partial charge in [0, 0.05) is 23.6 Å². The second-order valence-electron chi connectivity index (χ2n) is 4.67. The summed E-state index contributed by atoms with van der Waals surface area (Å²) in [4.78, 5) is 2.38. The summed E-state index contributed by atoms with van der Waals surface area (Å²) in [6.07, 6.45) is 3.68. The molecule has 1 N–H and O–H groups in total. The topological polar surface area (TPSA) is 39.1 Å². The van der Waals surface area contributed by atoms with E-state index in [9.17, 15) is 5.26 Å². The van der Waals surface area contributed by atoms with Gasteiger partial charge in [-0.3, -0.25) is 0 Å². The highest BCUT2D eigenvalue weighted by atomic mass is 79.9. The summed E-state index contributed by atoms with van der Waals surface area (Å²) in [7, 11) is 1.99. The highest BCUT2D eigenvalue weighted by Gasteiger charge is 2.23. The van der Waals surface area contributed by atoms with E-state index in [1.54, 1.807) is 0 Å². The summed E-state index contributed by atoms with van der Waals surface area (Å²) in [5.41, 5.74) is 1.83. The molecular weight excluding hydrogens is 290 g/mol. The Morgan fingerprint density at radius 1 is 1.50 bits per heavy atom. The maximum atomic E-state index is 9.28. The van der Waals surface area contributed by atoms with Crippen molar-refractivity contribution in [3.63, 3.8) is 0 Å². The van der Waals surface area contributed by atoms with Gasteiger partial charge in [0.25, 0.3) is 0 Å². The molecule has 0 amide bonds. The van der Waals surface area contributed by atoms with Crippen LogP contribution in [0.15, 0.2) is 22.7 Å². The van der Waals surface area contributed by atoms with E-state index in [4.69, 9.17) is 0 Å². The first-order valence-electron chi connectivity index (χ1n) is 6.37. The molecule has 1 fully saturated rings. The van der Waals surface area contributed by atoms with Crippen LogP contribution in [0, 0.1) is 11.3 Å². The van der Waals surface area contributed by atoms with Gasteiger partial charge in [-0.25, -0.2) is 0 Å². The number of benzene rings is 1. The Labute approximate surface area is 117 Å². The number of nitrogens with one attached hydrogen (secondary N) is 1. The quantitative estimate of drug-likeness (QED) is 0.933. The number of halogens is 1. The predicted molar refractivity (Wildman–Crippen MR) is 77.8 cm³/mol. The van der Waals surface area contributed by atoms with Gasteiger partial charge >= 0.3 is 0 Å². The fourth-order valence-corrected chi connectivity index (χ4v) is 2.97. The minimum atomic E-state index is 0.497. The molecule has 1 heterocycles. The molecule has 1 aromatic carbocycles. The first kappa shape index (κ1) is 13.4. The second kappa shape index (κ2) is 6.21. The van der Waals surface area contributed by atoms with E-state index >= 15 is 0 Å². The summed E-state index contributed by atoms with van der Waals surface area (Å²) in [6.45, 7) is 2.02. The third-order valence-corrected chi connectivity index (χ3v) is 3.95. The van der Waals surface area contributed by atoms with Gasteiger partial charge in [0.1, 0.15) is 6.07 Å². The lowest BCUT2D eigenvalue weighted by molar-refractivity contribution is 0.446. The van der Waals surface area contributed by atoms with Crippen LogP contribution in [-0.2, 0) is 0 Å². The molecule has 1 aliphatic rings. The van der Waals surface area contributed by atoms with Crippen molar-refractivity contribution in [2.45, 2.75) is 25.3 Å². The van der Waals surface area contributed by atoms with Crippen molar-refractivity contribution in [3.05, 3.63) is 28.2 Å². The van der Waals surface area contributed by atoms with E-state index in [0.29, 0.717) is 6.04 Å². The molecule has 0 bridgehead atoms. The Bertz CT molecular complexity index is 451. The van der Waals surface area contributed by atoms with Crippen molar-refractivity contribution in [2.24, 2.45) is 0 Å². The average Bonchev–Trinajstić information content (AvgIpc) is 2.40. The molecule has 0 saturated carbocycles. The van der Waals surface area contributed by atoms with Crippen LogP contribution in [0.3, 0.4) is 0 Å². The van der Waals surface area contributed by atoms with Crippen LogP contribution in [-0.4, -0.2) is 26.2 Å². The summed E-state index contributed by atoms with van der Waals surface area (Å²) in [6, 6.07) is 8.77. The van der Waals surface area contributed by atoms with Crippen molar-refractivity contribution >= 4 is 21.6 Å². The lowest BCUT2D eigenvalue weighted by atomic mass is 10.00. The van der Waals surface area contributed by atoms with Gasteiger partial charge < -0.3 is 10.2 Å². The highest BCUT2D eigenvalue weighted by molar-refractivity contribution is 9.10. The molecule has 0 aromatic heterocycles. The van der Waals surface area contributed by atoms with Gasteiger partial charge in [0.2, 0.25) is 0 Å². The van der Waals surface area contributed by atoms with Gasteiger partial charge in [-0.05, 0) is 44.5 Å². The number of nitrogens with zero attached hydrogens (tertiary/aromatic N) is 2. The molecule has 3 nitrogen and oxygen atoms in total. The third kappa shape index (κ3) is 2.85. The number of anilines is 1. The molecule has 0 radical (unpaired) electrons. The molecule has 4 heteroatoms. The van der Waals surface area contributed by atoms with E-state index < -0.39 is 0 Å². The van der Waals surface area contributed by atoms with Crippen LogP contribution in [0.5, 0.6) is 0 Å². The summed E-state index contributed by atoms with van der Waals surface area (Å²) < 4.78 is 0.963. The van der Waals surface area contributed by atoms with Gasteiger partial charge in [0.15, 0.2) is 0 Å². The molecule has 1 aromatic rings. The molecular formula is C14H18BrN3. The zero-order valence-electron chi connectivity index (χ0n) is 10.6. The van der Waals surface area contributed by atoms with Crippen LogP contribution in [0.2, 0.25) is 0 Å². The zero-order chi connectivity index (χ0) is 13.0. The van der Waals surface area contributed by atoms with Crippen LogP contribution in [0.4, 0.5) is 5.69 Å². The average molecular weight is 308 g/mol. The van der Waals surface area contributed by atoms with Crippen molar-refractivity contribution in [3.8, 4) is 6.07 Å². The molecule has 96 valence electrons. The minimum absolute atomic E-state index is 0.497. The van der Waals surface area contributed by atoms with Gasteiger partial charge in [-0.2, -0.15) is 5.26 Å². The van der Waals surface area contributed by atoms with Crippen molar-refractivity contribution in [1.82, 2.24) is 5.32 Å². The number of nitriles is 1. The monoisotopic (exact) mass is 307 g/mol. The first-order chi connectivity index (χ1) is 8.76. The van der Waals surface area contributed by atoms with Crippen LogP contribution in [0.25, 0.3) is 0 Å². The van der Waals surface area contributed by atoms with Gasteiger partial charge in [0.05, 0.1) is 11.3 Å². The Morgan fingerprint density at radius 2 is 2.33 bits per heavy atom. The molecule has 18 heavy (non-hydrogen) atoms. The molecule has 1 unspecified atom stereocenters. The standard InChI is InChI=1S/C14H18BrN3/c1-17-10-13-4-2-3-7-18(13)14-6-5-12(15)8-11(14)9-16/h5-6,8,13,17H,2-4,7,10H2,1H3. The van der Waals surface area contributed by atoms with Crippen LogP contribution in [0.1, 0.15) is 24.8 Å². The summed E-state index contributed by atoms with van der Waals surface area (Å²) >= 11 is 3.43. The van der Waals surface area contributed by atoms with Crippen molar-refractivity contribution < 1.29 is 0 Å². The number of rotatable bonds is 3. The summed E-state index contributed by atoms with van der Waals surface area (Å²) in [5.74, 6) is 0. The van der Waals surface area contributed by atoms with E-state index in [1.807, 2.05) is 19.2 Å². The van der Waals surface area contributed by atoms with E-state index in [-0.39, 0.29) is 0 Å². The number of piperidine rings is 1. The van der Waals surface area contributed by atoms with Crippen LogP contribution < -0.4 is 10.2 Å². The number of hydrogen-bond acceptors (Lipinski definition) is 3. The third-order valence-electron chi connectivity index (χ3n) is 3.46. The molecule has 1 atom stereocenters. The van der Waals surface area contributed by atoms with E-state index in [1.165, 1.54) is 19.3 Å². The SMILES string of the molecule is CNCC1CCCCN1c1ccc(Br)cc1C#N. The smallest absolute Gasteiger partial charge is 0.101 e. The second-order valence-corrected chi connectivity index (χ2v) is 5.59. The Kier molecular flexibility index (Phi) is 4.62. The number of hydrogen-bond donors (Lipinski definition) is 1. The first-order valence-corrected chi connectivity index (χ1v) is 7.16. The molecule has 1 saturated heterocycles. The molecule has 1 aliphatic heterocycles. The molecule has 0 spiro atoms. The maximum absolute atomic E-state index is 9.28. The van der Waals surface area contributed by atoms with Gasteiger partial charge in [-0.1, -0.05) is 15.9 Å². The fourth-order valence-electron chi connectivity index (χ4n) is 2.61. The predicted octanol–water partition coefficient (Wildman–Crippen LogP) is 2.90. The van der Waals surface area contributed by atoms with Crippen molar-refractivity contribution in [2.75, 3.05) is 25.0 Å². The summed E-state index contributed by atoms with van der Waals surface area (Å²) in [5, 5.41) is 12.5. The lowest BCUT2D eigenvalue weighted by Gasteiger charge is -2.38. The highest BCUT2D eigenvalue weighted by Crippen LogP contribution is 2.29. The number of likely N-dealkylation sites (N-methyl/N-ethyl adjacent to an activating group) is 1. The Hall–Kier alpha value is -1.05. The van der Waals surface area contributed by atoms with Crippen molar-refractivity contribution in [1.29, 1.82) is 5.26 Å². The maximum Gasteiger partial charge on any atom is 0.101 e. The zero-order valence-corrected chi connectivity index (χ0v) is 12.2. The van der Waals surface area contributed by atoms with E-state index in [0.717, 1.165) is 28.8 Å². The largest absolute Gasteiger partial charge is 0.366 e. The normalized spacial score (nSPS) is 19.6. The fraction of sp³-hybridized carbons (Fsp3) is 0.500. The van der Waals surface area contributed by atoms with Gasteiger partial charge in [-0.15, -0.1) is 0 Å². The lowest BCUT2D eigenvalue weighted by Crippen LogP contribution is -2.45. The van der Waals surface area contributed by atoms with Crippen LogP contribution >= 0.6 is 15.9 Å². The molecule has 2 rings (SSSR count). The Morgan fingerprint density at radius 3 is 3.06 bits per heavy atom. The molecule has 0 aliphatic carbocycles. The van der Waals surface area contributed by atoms with E-state index in [2.05, 4.69) is 38.3 Å².